The molecule has 3 saturated heterocycles. The standard InChI is InChI=1S/C14H18N2O2.2C14H20N2O/c1-10(15-18)13-8-14(17)16(9-13)11(2)12-6-4-3-5-7-12;2*1-10(15)13-8-14(17)16(9-13)11(2)12-6-4-3-5-7-12/h3-7,11,13,18H,8-9H2,1-2H3;2*3-7,10-11,13H,8-9,15H2,1-2H3/b15-10-;;/t11-,13-;10-,11+,13+;10-,11-,13-/m101/s1. The number of carbonyl (C=O) groups excluding carboxylic acids is 3. The first-order valence-corrected chi connectivity index (χ1v) is 18.5. The van der Waals surface area contributed by atoms with Crippen LogP contribution in [-0.4, -0.2) is 75.1 Å². The molecule has 3 fully saturated rings. The first kappa shape index (κ1) is 40.2. The molecule has 0 spiro atoms. The van der Waals surface area contributed by atoms with Gasteiger partial charge in [-0.2, -0.15) is 0 Å². The van der Waals surface area contributed by atoms with Crippen molar-refractivity contribution in [1.29, 1.82) is 0 Å². The van der Waals surface area contributed by atoms with Gasteiger partial charge in [0.25, 0.3) is 0 Å². The van der Waals surface area contributed by atoms with Gasteiger partial charge < -0.3 is 31.4 Å². The summed E-state index contributed by atoms with van der Waals surface area (Å²) in [6.45, 7) is 14.1. The van der Waals surface area contributed by atoms with Crippen LogP contribution in [0.1, 0.15) is 95.6 Å². The topological polar surface area (TPSA) is 146 Å². The van der Waals surface area contributed by atoms with E-state index in [1.165, 1.54) is 11.1 Å². The number of likely N-dealkylation sites (tertiary alicyclic amines) is 3. The molecule has 3 aromatic carbocycles. The van der Waals surface area contributed by atoms with Crippen LogP contribution < -0.4 is 11.5 Å². The molecule has 3 aliphatic rings. The van der Waals surface area contributed by atoms with Crippen LogP contribution in [0.4, 0.5) is 0 Å². The Kier molecular flexibility index (Phi) is 14.5. The van der Waals surface area contributed by atoms with Gasteiger partial charge in [-0.25, -0.2) is 0 Å². The Hall–Kier alpha value is -4.54. The lowest BCUT2D eigenvalue weighted by atomic mass is 10.0. The first-order valence-electron chi connectivity index (χ1n) is 18.5. The highest BCUT2D eigenvalue weighted by Gasteiger charge is 2.36. The highest BCUT2D eigenvalue weighted by Crippen LogP contribution is 2.31. The number of oxime groups is 1. The molecule has 0 unspecified atom stereocenters. The summed E-state index contributed by atoms with van der Waals surface area (Å²) in [4.78, 5) is 41.7. The molecular formula is C42H58N6O4. The Balaban J connectivity index is 0.000000175. The van der Waals surface area contributed by atoms with E-state index in [1.54, 1.807) is 6.92 Å². The molecule has 3 aliphatic heterocycles. The molecule has 10 nitrogen and oxygen atoms in total. The quantitative estimate of drug-likeness (QED) is 0.134. The van der Waals surface area contributed by atoms with Gasteiger partial charge in [-0.15, -0.1) is 0 Å². The lowest BCUT2D eigenvalue weighted by Crippen LogP contribution is -2.32. The minimum absolute atomic E-state index is 0.0358. The number of nitrogens with two attached hydrogens (primary N) is 2. The summed E-state index contributed by atoms with van der Waals surface area (Å²) in [5, 5.41) is 12.0. The fourth-order valence-corrected chi connectivity index (χ4v) is 7.18. The van der Waals surface area contributed by atoms with E-state index >= 15 is 0 Å². The molecule has 3 amide bonds. The van der Waals surface area contributed by atoms with Gasteiger partial charge in [-0.3, -0.25) is 14.4 Å². The minimum atomic E-state index is 0.0358. The first-order chi connectivity index (χ1) is 24.8. The van der Waals surface area contributed by atoms with E-state index in [2.05, 4.69) is 43.3 Å². The van der Waals surface area contributed by atoms with Crippen LogP contribution in [0.25, 0.3) is 0 Å². The summed E-state index contributed by atoms with van der Waals surface area (Å²) in [7, 11) is 0. The Labute approximate surface area is 309 Å². The van der Waals surface area contributed by atoms with Crippen LogP contribution in [0.15, 0.2) is 96.2 Å². The van der Waals surface area contributed by atoms with Gasteiger partial charge in [-0.05, 0) is 58.2 Å². The molecule has 0 saturated carbocycles. The zero-order valence-corrected chi connectivity index (χ0v) is 31.6. The minimum Gasteiger partial charge on any atom is -0.411 e. The third-order valence-corrected chi connectivity index (χ3v) is 11.0. The van der Waals surface area contributed by atoms with Crippen molar-refractivity contribution in [2.24, 2.45) is 34.4 Å². The maximum absolute atomic E-state index is 12.0. The third kappa shape index (κ3) is 10.3. The fourth-order valence-electron chi connectivity index (χ4n) is 7.18. The second-order valence-corrected chi connectivity index (χ2v) is 14.7. The van der Waals surface area contributed by atoms with Gasteiger partial charge >= 0.3 is 0 Å². The molecule has 0 aliphatic carbocycles. The van der Waals surface area contributed by atoms with Gasteiger partial charge in [-0.1, -0.05) is 96.2 Å². The molecule has 0 bridgehead atoms. The third-order valence-electron chi connectivity index (χ3n) is 11.0. The summed E-state index contributed by atoms with van der Waals surface area (Å²) in [5.74, 6) is 1.21. The van der Waals surface area contributed by atoms with Gasteiger partial charge in [0.1, 0.15) is 0 Å². The number of hydrogen-bond acceptors (Lipinski definition) is 7. The van der Waals surface area contributed by atoms with E-state index in [-0.39, 0.29) is 53.8 Å². The van der Waals surface area contributed by atoms with E-state index in [0.717, 1.165) is 18.7 Å². The SMILES string of the molecule is C/C(=N/O)[C@@H]1CC(=O)N([C@H](C)c2ccccc2)C1.C[C@H](N)[C@@H]1CC(=O)N([C@H](C)c2ccccc2)C1.C[C@H](c1ccccc1)N1C[C@H]([C@@H](C)N)CC1=O. The van der Waals surface area contributed by atoms with Gasteiger partial charge in [0.05, 0.1) is 23.8 Å². The predicted molar refractivity (Wildman–Crippen MR) is 206 cm³/mol. The summed E-state index contributed by atoms with van der Waals surface area (Å²) in [5.41, 5.74) is 15.9. The normalized spacial score (nSPS) is 23.3. The Morgan fingerprint density at radius 1 is 0.577 bits per heavy atom. The molecule has 5 N–H and O–H groups in total. The number of nitrogens with zero attached hydrogens (tertiary/aromatic N) is 4. The molecule has 52 heavy (non-hydrogen) atoms. The van der Waals surface area contributed by atoms with Crippen LogP contribution in [-0.2, 0) is 14.4 Å². The van der Waals surface area contributed by atoms with E-state index in [0.29, 0.717) is 43.4 Å². The van der Waals surface area contributed by atoms with Gasteiger partial charge in [0.15, 0.2) is 0 Å². The van der Waals surface area contributed by atoms with Gasteiger partial charge in [0.2, 0.25) is 17.7 Å². The molecule has 0 radical (unpaired) electrons. The van der Waals surface area contributed by atoms with E-state index < -0.39 is 0 Å². The molecular weight excluding hydrogens is 652 g/mol. The maximum atomic E-state index is 12.0. The monoisotopic (exact) mass is 710 g/mol. The largest absolute Gasteiger partial charge is 0.411 e. The van der Waals surface area contributed by atoms with Crippen molar-refractivity contribution in [1.82, 2.24) is 14.7 Å². The Morgan fingerprint density at radius 2 is 0.885 bits per heavy atom. The predicted octanol–water partition coefficient (Wildman–Crippen LogP) is 6.33. The van der Waals surface area contributed by atoms with Crippen molar-refractivity contribution < 1.29 is 19.6 Å². The molecule has 3 heterocycles. The summed E-state index contributed by atoms with van der Waals surface area (Å²) < 4.78 is 0. The van der Waals surface area contributed by atoms with Crippen molar-refractivity contribution in [2.45, 2.75) is 91.0 Å². The Morgan fingerprint density at radius 3 is 1.17 bits per heavy atom. The van der Waals surface area contributed by atoms with Crippen LogP contribution in [0.3, 0.4) is 0 Å². The molecule has 280 valence electrons. The molecule has 3 aromatic rings. The lowest BCUT2D eigenvalue weighted by Gasteiger charge is -2.25. The fraction of sp³-hybridized carbons (Fsp3) is 0.476. The van der Waals surface area contributed by atoms with Crippen molar-refractivity contribution in [2.75, 3.05) is 19.6 Å². The molecule has 6 rings (SSSR count). The van der Waals surface area contributed by atoms with Crippen LogP contribution in [0.5, 0.6) is 0 Å². The van der Waals surface area contributed by atoms with Crippen LogP contribution in [0, 0.1) is 17.8 Å². The number of hydrogen-bond donors (Lipinski definition) is 3. The number of carbonyl (C=O) groups is 3. The summed E-state index contributed by atoms with van der Waals surface area (Å²) >= 11 is 0. The van der Waals surface area contributed by atoms with Crippen LogP contribution in [0.2, 0.25) is 0 Å². The van der Waals surface area contributed by atoms with E-state index in [9.17, 15) is 14.4 Å². The van der Waals surface area contributed by atoms with Crippen LogP contribution >= 0.6 is 0 Å². The highest BCUT2D eigenvalue weighted by atomic mass is 16.4. The number of rotatable bonds is 9. The van der Waals surface area contributed by atoms with E-state index in [4.69, 9.17) is 16.7 Å². The summed E-state index contributed by atoms with van der Waals surface area (Å²) in [6.07, 6.45) is 1.62. The zero-order valence-electron chi connectivity index (χ0n) is 31.6. The van der Waals surface area contributed by atoms with Crippen molar-refractivity contribution in [3.8, 4) is 0 Å². The van der Waals surface area contributed by atoms with Crippen molar-refractivity contribution in [3.05, 3.63) is 108 Å². The number of benzene rings is 3. The zero-order chi connectivity index (χ0) is 37.9. The van der Waals surface area contributed by atoms with Crippen molar-refractivity contribution >= 4 is 23.4 Å². The second kappa shape index (κ2) is 18.8. The highest BCUT2D eigenvalue weighted by molar-refractivity contribution is 5.92. The molecule has 10 heteroatoms. The smallest absolute Gasteiger partial charge is 0.223 e. The molecule has 0 aromatic heterocycles. The average molecular weight is 711 g/mol. The maximum Gasteiger partial charge on any atom is 0.223 e. The van der Waals surface area contributed by atoms with E-state index in [1.807, 2.05) is 102 Å². The average Bonchev–Trinajstić information content (AvgIpc) is 3.88. The molecule has 8 atom stereocenters. The number of amides is 3. The summed E-state index contributed by atoms with van der Waals surface area (Å²) in [6, 6.07) is 30.8. The lowest BCUT2D eigenvalue weighted by molar-refractivity contribution is -0.130. The second-order valence-electron chi connectivity index (χ2n) is 14.7. The van der Waals surface area contributed by atoms with Crippen molar-refractivity contribution in [3.63, 3.8) is 0 Å². The Bertz CT molecular complexity index is 1540. The van der Waals surface area contributed by atoms with Gasteiger partial charge in [0, 0.05) is 68.7 Å².